The Hall–Kier alpha value is -6.28. The van der Waals surface area contributed by atoms with Gasteiger partial charge in [-0.3, -0.25) is 16.0 Å². The van der Waals surface area contributed by atoms with Crippen LogP contribution in [0.3, 0.4) is 0 Å². The van der Waals surface area contributed by atoms with Crippen LogP contribution < -0.4 is 16.0 Å². The predicted octanol–water partition coefficient (Wildman–Crippen LogP) is 12.7. The Kier molecular flexibility index (Phi) is 7.60. The Morgan fingerprint density at radius 2 is 1.32 bits per heavy atom. The van der Waals surface area contributed by atoms with E-state index in [1.165, 1.54) is 59.1 Å². The Bertz CT molecular complexity index is 3150. The maximum Gasteiger partial charge on any atom is 0.143 e. The minimum absolute atomic E-state index is 0.0547. The first-order chi connectivity index (χ1) is 28.2. The van der Waals surface area contributed by atoms with Gasteiger partial charge >= 0.3 is 0 Å². The number of nitrogens with zero attached hydrogens (tertiary/aromatic N) is 1. The van der Waals surface area contributed by atoms with E-state index in [0.29, 0.717) is 0 Å². The van der Waals surface area contributed by atoms with Crippen LogP contribution >= 0.6 is 11.3 Å². The zero-order chi connectivity index (χ0) is 37.5. The summed E-state index contributed by atoms with van der Waals surface area (Å²) in [5.41, 5.74) is 12.9. The van der Waals surface area contributed by atoms with Crippen molar-refractivity contribution in [3.05, 3.63) is 192 Å². The fourth-order valence-electron chi connectivity index (χ4n) is 9.38. The van der Waals surface area contributed by atoms with Gasteiger partial charge in [-0.2, -0.15) is 0 Å². The van der Waals surface area contributed by atoms with Crippen LogP contribution in [0, 0.1) is 0 Å². The molecule has 5 nitrogen and oxygen atoms in total. The van der Waals surface area contributed by atoms with Gasteiger partial charge in [-0.1, -0.05) is 133 Å². The summed E-state index contributed by atoms with van der Waals surface area (Å²) in [6.45, 7) is 0. The molecule has 4 heterocycles. The van der Waals surface area contributed by atoms with Crippen molar-refractivity contribution >= 4 is 70.4 Å². The summed E-state index contributed by atoms with van der Waals surface area (Å²) in [5, 5.41) is 17.7. The number of thiophene rings is 1. The zero-order valence-corrected chi connectivity index (χ0v) is 31.9. The first-order valence-electron chi connectivity index (χ1n) is 19.8. The number of aromatic nitrogens is 1. The third kappa shape index (κ3) is 5.33. The molecule has 1 fully saturated rings. The van der Waals surface area contributed by atoms with Crippen LogP contribution in [-0.4, -0.2) is 4.57 Å². The summed E-state index contributed by atoms with van der Waals surface area (Å²) in [6, 6.07) is 57.0. The third-order valence-electron chi connectivity index (χ3n) is 12.0. The molecule has 3 N–H and O–H groups in total. The second-order valence-corrected chi connectivity index (χ2v) is 16.4. The van der Waals surface area contributed by atoms with Crippen molar-refractivity contribution in [3.63, 3.8) is 0 Å². The smallest absolute Gasteiger partial charge is 0.143 e. The molecular weight excluding hydrogens is 717 g/mol. The molecule has 2 unspecified atom stereocenters. The van der Waals surface area contributed by atoms with Crippen molar-refractivity contribution in [1.29, 1.82) is 0 Å². The van der Waals surface area contributed by atoms with E-state index >= 15 is 0 Å². The topological polar surface area (TPSA) is 54.2 Å². The van der Waals surface area contributed by atoms with E-state index in [1.54, 1.807) is 0 Å². The quantitative estimate of drug-likeness (QED) is 0.164. The third-order valence-corrected chi connectivity index (χ3v) is 13.1. The van der Waals surface area contributed by atoms with Gasteiger partial charge in [0.05, 0.1) is 24.0 Å². The lowest BCUT2D eigenvalue weighted by atomic mass is 9.98. The SMILES string of the molecule is C1=Cc2c(n(-c3ccc4sc5cc(-c6cccc7c6oc6cccc(C8NC(c9ccccc9)NC(c9ccccc9)N8)c67)ccc5c4c3)c3ccccc23)CC1. The molecule has 0 bridgehead atoms. The zero-order valence-electron chi connectivity index (χ0n) is 31.1. The van der Waals surface area contributed by atoms with E-state index in [-0.39, 0.29) is 18.5 Å². The molecule has 3 aromatic heterocycles. The molecule has 10 aromatic rings. The lowest BCUT2D eigenvalue weighted by Crippen LogP contribution is -2.54. The highest BCUT2D eigenvalue weighted by atomic mass is 32.1. The van der Waals surface area contributed by atoms with Gasteiger partial charge in [0.15, 0.2) is 0 Å². The van der Waals surface area contributed by atoms with Crippen LogP contribution in [0.1, 0.15) is 52.9 Å². The molecule has 1 saturated heterocycles. The molecule has 274 valence electrons. The summed E-state index contributed by atoms with van der Waals surface area (Å²) in [5.74, 6) is 0. The standard InChI is InChI=1S/C51H38N4OS/c1-3-13-31(14-4-1)49-52-50(32-15-5-2-6-16-32)54-51(53-49)40-21-12-24-44-47(40)39-20-11-19-35(48(39)56-44)33-25-27-38-41-30-34(26-28-45(41)57-46(38)29-33)55-42-22-9-7-17-36(42)37-18-8-10-23-43(37)55/h1-9,11-22,24-30,49-54H,10,23H2. The van der Waals surface area contributed by atoms with Gasteiger partial charge in [0.1, 0.15) is 11.2 Å². The summed E-state index contributed by atoms with van der Waals surface area (Å²) in [4.78, 5) is 0. The van der Waals surface area contributed by atoms with Crippen LogP contribution in [0.25, 0.3) is 75.9 Å². The minimum Gasteiger partial charge on any atom is -0.455 e. The van der Waals surface area contributed by atoms with Crippen LogP contribution in [0.4, 0.5) is 0 Å². The predicted molar refractivity (Wildman–Crippen MR) is 237 cm³/mol. The molecule has 0 spiro atoms. The van der Waals surface area contributed by atoms with Crippen molar-refractivity contribution in [2.24, 2.45) is 0 Å². The number of furan rings is 1. The molecule has 2 atom stereocenters. The monoisotopic (exact) mass is 754 g/mol. The first-order valence-corrected chi connectivity index (χ1v) is 20.6. The highest BCUT2D eigenvalue weighted by Gasteiger charge is 2.31. The number of nitrogens with one attached hydrogen (secondary N) is 3. The molecule has 1 aliphatic carbocycles. The summed E-state index contributed by atoms with van der Waals surface area (Å²) >= 11 is 1.86. The molecule has 1 aliphatic heterocycles. The summed E-state index contributed by atoms with van der Waals surface area (Å²) in [7, 11) is 0. The van der Waals surface area contributed by atoms with Crippen molar-refractivity contribution < 1.29 is 4.42 Å². The fraction of sp³-hybridized carbons (Fsp3) is 0.0980. The van der Waals surface area contributed by atoms with E-state index in [0.717, 1.165) is 51.5 Å². The Morgan fingerprint density at radius 1 is 0.579 bits per heavy atom. The average Bonchev–Trinajstić information content (AvgIpc) is 3.96. The number of hydrogen-bond donors (Lipinski definition) is 3. The average molecular weight is 755 g/mol. The largest absolute Gasteiger partial charge is 0.455 e. The van der Waals surface area contributed by atoms with Gasteiger partial charge in [-0.25, -0.2) is 0 Å². The van der Waals surface area contributed by atoms with Gasteiger partial charge in [0, 0.05) is 58.8 Å². The lowest BCUT2D eigenvalue weighted by Gasteiger charge is -2.39. The molecule has 2 aliphatic rings. The van der Waals surface area contributed by atoms with Crippen molar-refractivity contribution in [3.8, 4) is 16.8 Å². The van der Waals surface area contributed by atoms with Crippen LogP contribution in [-0.2, 0) is 6.42 Å². The minimum atomic E-state index is -0.138. The highest BCUT2D eigenvalue weighted by molar-refractivity contribution is 7.25. The first kappa shape index (κ1) is 32.9. The van der Waals surface area contributed by atoms with Crippen LogP contribution in [0.5, 0.6) is 0 Å². The van der Waals surface area contributed by atoms with E-state index in [2.05, 4.69) is 190 Å². The number of allylic oxidation sites excluding steroid dienone is 1. The second kappa shape index (κ2) is 13.2. The summed E-state index contributed by atoms with van der Waals surface area (Å²) in [6.07, 6.45) is 6.49. The van der Waals surface area contributed by atoms with Crippen molar-refractivity contribution in [1.82, 2.24) is 20.5 Å². The Morgan fingerprint density at radius 3 is 2.14 bits per heavy atom. The molecule has 6 heteroatoms. The van der Waals surface area contributed by atoms with Crippen molar-refractivity contribution in [2.45, 2.75) is 31.3 Å². The fourth-order valence-corrected chi connectivity index (χ4v) is 10.5. The maximum absolute atomic E-state index is 6.83. The van der Waals surface area contributed by atoms with Crippen LogP contribution in [0.2, 0.25) is 0 Å². The summed E-state index contributed by atoms with van der Waals surface area (Å²) < 4.78 is 11.9. The number of para-hydroxylation sites is 2. The van der Waals surface area contributed by atoms with E-state index in [4.69, 9.17) is 4.42 Å². The lowest BCUT2D eigenvalue weighted by molar-refractivity contribution is 0.204. The van der Waals surface area contributed by atoms with E-state index in [1.807, 2.05) is 11.3 Å². The normalized spacial score (nSPS) is 18.3. The number of hydrogen-bond acceptors (Lipinski definition) is 5. The van der Waals surface area contributed by atoms with E-state index < -0.39 is 0 Å². The van der Waals surface area contributed by atoms with Gasteiger partial charge in [-0.05, 0) is 71.5 Å². The van der Waals surface area contributed by atoms with Gasteiger partial charge < -0.3 is 8.98 Å². The van der Waals surface area contributed by atoms with Gasteiger partial charge in [0.25, 0.3) is 0 Å². The highest BCUT2D eigenvalue weighted by Crippen LogP contribution is 2.43. The van der Waals surface area contributed by atoms with Crippen LogP contribution in [0.15, 0.2) is 168 Å². The Balaban J connectivity index is 0.948. The number of benzene rings is 7. The van der Waals surface area contributed by atoms with E-state index in [9.17, 15) is 0 Å². The molecule has 57 heavy (non-hydrogen) atoms. The number of fused-ring (bicyclic) bond motifs is 9. The molecule has 0 saturated carbocycles. The molecule has 0 radical (unpaired) electrons. The number of rotatable bonds is 5. The molecule has 7 aromatic carbocycles. The van der Waals surface area contributed by atoms with Gasteiger partial charge in [-0.15, -0.1) is 11.3 Å². The Labute approximate surface area is 333 Å². The maximum atomic E-state index is 6.83. The van der Waals surface area contributed by atoms with Crippen molar-refractivity contribution in [2.75, 3.05) is 0 Å². The second-order valence-electron chi connectivity index (χ2n) is 15.3. The molecular formula is C51H38N4OS. The van der Waals surface area contributed by atoms with Gasteiger partial charge in [0.2, 0.25) is 0 Å². The molecule has 0 amide bonds. The molecule has 12 rings (SSSR count).